The second-order valence-electron chi connectivity index (χ2n) is 4.99. The SMILES string of the molecule is CC1CS(=O)(=O)CCN1CC(=O)c1ccc(F)c(F)c1. The summed E-state index contributed by atoms with van der Waals surface area (Å²) < 4.78 is 48.8. The molecule has 1 atom stereocenters. The highest BCUT2D eigenvalue weighted by Crippen LogP contribution is 2.14. The highest BCUT2D eigenvalue weighted by Gasteiger charge is 2.29. The van der Waals surface area contributed by atoms with Crippen molar-refractivity contribution in [1.82, 2.24) is 4.90 Å². The summed E-state index contributed by atoms with van der Waals surface area (Å²) in [5.41, 5.74) is 0.0875. The van der Waals surface area contributed by atoms with Gasteiger partial charge in [-0.25, -0.2) is 17.2 Å². The average Bonchev–Trinajstić information content (AvgIpc) is 2.35. The first kappa shape index (κ1) is 15.1. The third-order valence-corrected chi connectivity index (χ3v) is 5.19. The Bertz CT molecular complexity index is 631. The fourth-order valence-electron chi connectivity index (χ4n) is 2.21. The number of benzene rings is 1. The summed E-state index contributed by atoms with van der Waals surface area (Å²) >= 11 is 0. The number of halogens is 2. The van der Waals surface area contributed by atoms with Crippen LogP contribution < -0.4 is 0 Å². The van der Waals surface area contributed by atoms with Crippen molar-refractivity contribution in [3.8, 4) is 0 Å². The molecule has 0 bridgehead atoms. The van der Waals surface area contributed by atoms with E-state index in [9.17, 15) is 22.0 Å². The van der Waals surface area contributed by atoms with E-state index in [4.69, 9.17) is 0 Å². The molecule has 1 aromatic rings. The summed E-state index contributed by atoms with van der Waals surface area (Å²) in [4.78, 5) is 13.7. The van der Waals surface area contributed by atoms with Crippen LogP contribution >= 0.6 is 0 Å². The fraction of sp³-hybridized carbons (Fsp3) is 0.462. The normalized spacial score (nSPS) is 22.6. The minimum atomic E-state index is -3.04. The maximum Gasteiger partial charge on any atom is 0.176 e. The van der Waals surface area contributed by atoms with Gasteiger partial charge in [-0.3, -0.25) is 9.69 Å². The summed E-state index contributed by atoms with van der Waals surface area (Å²) in [6.07, 6.45) is 0. The van der Waals surface area contributed by atoms with Crippen molar-refractivity contribution in [2.45, 2.75) is 13.0 Å². The van der Waals surface area contributed by atoms with E-state index >= 15 is 0 Å². The topological polar surface area (TPSA) is 54.5 Å². The lowest BCUT2D eigenvalue weighted by Gasteiger charge is -2.32. The molecule has 0 N–H and O–H groups in total. The molecular weight excluding hydrogens is 288 g/mol. The lowest BCUT2D eigenvalue weighted by atomic mass is 10.1. The van der Waals surface area contributed by atoms with Crippen LogP contribution in [0.5, 0.6) is 0 Å². The molecule has 1 aliphatic rings. The number of nitrogens with zero attached hydrogens (tertiary/aromatic N) is 1. The number of hydrogen-bond donors (Lipinski definition) is 0. The van der Waals surface area contributed by atoms with Crippen LogP contribution in [0.1, 0.15) is 17.3 Å². The van der Waals surface area contributed by atoms with Gasteiger partial charge in [-0.05, 0) is 25.1 Å². The van der Waals surface area contributed by atoms with E-state index < -0.39 is 21.5 Å². The van der Waals surface area contributed by atoms with Crippen molar-refractivity contribution >= 4 is 15.6 Å². The second-order valence-corrected chi connectivity index (χ2v) is 7.21. The van der Waals surface area contributed by atoms with Crippen molar-refractivity contribution in [2.75, 3.05) is 24.6 Å². The molecule has 0 amide bonds. The van der Waals surface area contributed by atoms with Gasteiger partial charge < -0.3 is 0 Å². The molecule has 1 aliphatic heterocycles. The van der Waals surface area contributed by atoms with Gasteiger partial charge in [0, 0.05) is 18.2 Å². The standard InChI is InChI=1S/C13H15F2NO3S/c1-9-8-20(18,19)5-4-16(9)7-13(17)10-2-3-11(14)12(15)6-10/h2-3,6,9H,4-5,7-8H2,1H3. The van der Waals surface area contributed by atoms with Crippen LogP contribution in [0.3, 0.4) is 0 Å². The Balaban J connectivity index is 2.06. The molecule has 2 rings (SSSR count). The van der Waals surface area contributed by atoms with Gasteiger partial charge in [-0.2, -0.15) is 0 Å². The smallest absolute Gasteiger partial charge is 0.176 e. The third kappa shape index (κ3) is 3.40. The van der Waals surface area contributed by atoms with E-state index in [-0.39, 0.29) is 42.0 Å². The van der Waals surface area contributed by atoms with Gasteiger partial charge in [-0.15, -0.1) is 0 Å². The van der Waals surface area contributed by atoms with Crippen LogP contribution in [0, 0.1) is 11.6 Å². The van der Waals surface area contributed by atoms with E-state index in [1.54, 1.807) is 11.8 Å². The minimum Gasteiger partial charge on any atom is -0.293 e. The number of ketones is 1. The van der Waals surface area contributed by atoms with E-state index in [0.717, 1.165) is 12.1 Å². The van der Waals surface area contributed by atoms with Gasteiger partial charge in [-0.1, -0.05) is 0 Å². The molecule has 1 fully saturated rings. The predicted octanol–water partition coefficient (Wildman–Crippen LogP) is 1.27. The Morgan fingerprint density at radius 2 is 2.05 bits per heavy atom. The number of carbonyl (C=O) groups excluding carboxylic acids is 1. The van der Waals surface area contributed by atoms with Crippen molar-refractivity contribution in [3.63, 3.8) is 0 Å². The lowest BCUT2D eigenvalue weighted by molar-refractivity contribution is 0.0908. The maximum absolute atomic E-state index is 13.1. The van der Waals surface area contributed by atoms with E-state index in [1.807, 2.05) is 0 Å². The van der Waals surface area contributed by atoms with Gasteiger partial charge in [0.05, 0.1) is 18.1 Å². The monoisotopic (exact) mass is 303 g/mol. The largest absolute Gasteiger partial charge is 0.293 e. The molecule has 0 spiro atoms. The minimum absolute atomic E-state index is 0.00175. The van der Waals surface area contributed by atoms with E-state index in [2.05, 4.69) is 0 Å². The van der Waals surface area contributed by atoms with Crippen molar-refractivity contribution < 1.29 is 22.0 Å². The predicted molar refractivity (Wildman–Crippen MR) is 70.4 cm³/mol. The van der Waals surface area contributed by atoms with Crippen LogP contribution in [-0.4, -0.2) is 49.7 Å². The maximum atomic E-state index is 13.1. The van der Waals surface area contributed by atoms with Crippen molar-refractivity contribution in [2.24, 2.45) is 0 Å². The van der Waals surface area contributed by atoms with Gasteiger partial charge >= 0.3 is 0 Å². The number of Topliss-reactive ketones (excluding diaryl/α,β-unsaturated/α-hetero) is 1. The summed E-state index contributed by atoms with van der Waals surface area (Å²) in [5, 5.41) is 0. The van der Waals surface area contributed by atoms with Crippen LogP contribution in [0.15, 0.2) is 18.2 Å². The summed E-state index contributed by atoms with van der Waals surface area (Å²) in [7, 11) is -3.04. The van der Waals surface area contributed by atoms with Gasteiger partial charge in [0.2, 0.25) is 0 Å². The quantitative estimate of drug-likeness (QED) is 0.789. The molecular formula is C13H15F2NO3S. The molecule has 0 saturated carbocycles. The number of hydrogen-bond acceptors (Lipinski definition) is 4. The van der Waals surface area contributed by atoms with Crippen molar-refractivity contribution in [1.29, 1.82) is 0 Å². The molecule has 1 saturated heterocycles. The molecule has 0 aromatic heterocycles. The Hall–Kier alpha value is -1.34. The zero-order valence-corrected chi connectivity index (χ0v) is 11.8. The summed E-state index contributed by atoms with van der Waals surface area (Å²) in [6, 6.07) is 2.74. The first-order chi connectivity index (χ1) is 9.28. The third-order valence-electron chi connectivity index (χ3n) is 3.40. The molecule has 0 radical (unpaired) electrons. The van der Waals surface area contributed by atoms with E-state index in [1.165, 1.54) is 6.07 Å². The van der Waals surface area contributed by atoms with Gasteiger partial charge in [0.1, 0.15) is 0 Å². The highest BCUT2D eigenvalue weighted by atomic mass is 32.2. The summed E-state index contributed by atoms with van der Waals surface area (Å²) in [5.74, 6) is -2.39. The van der Waals surface area contributed by atoms with Crippen molar-refractivity contribution in [3.05, 3.63) is 35.4 Å². The first-order valence-electron chi connectivity index (χ1n) is 6.21. The number of carbonyl (C=O) groups is 1. The van der Waals surface area contributed by atoms with Crippen LogP contribution in [0.2, 0.25) is 0 Å². The summed E-state index contributed by atoms with van der Waals surface area (Å²) in [6.45, 7) is 2.01. The molecule has 1 heterocycles. The fourth-order valence-corrected chi connectivity index (χ4v) is 3.84. The zero-order valence-electron chi connectivity index (χ0n) is 11.0. The lowest BCUT2D eigenvalue weighted by Crippen LogP contribution is -2.48. The Morgan fingerprint density at radius 1 is 1.35 bits per heavy atom. The molecule has 4 nitrogen and oxygen atoms in total. The second kappa shape index (κ2) is 5.57. The molecule has 110 valence electrons. The average molecular weight is 303 g/mol. The number of rotatable bonds is 3. The number of sulfone groups is 1. The Morgan fingerprint density at radius 3 is 2.65 bits per heavy atom. The van der Waals surface area contributed by atoms with Crippen LogP contribution in [0.4, 0.5) is 8.78 Å². The Kier molecular flexibility index (Phi) is 4.19. The van der Waals surface area contributed by atoms with E-state index in [0.29, 0.717) is 0 Å². The van der Waals surface area contributed by atoms with Crippen LogP contribution in [0.25, 0.3) is 0 Å². The van der Waals surface area contributed by atoms with Crippen LogP contribution in [-0.2, 0) is 9.84 Å². The van der Waals surface area contributed by atoms with Gasteiger partial charge in [0.15, 0.2) is 27.3 Å². The molecule has 1 aromatic carbocycles. The van der Waals surface area contributed by atoms with Gasteiger partial charge in [0.25, 0.3) is 0 Å². The zero-order chi connectivity index (χ0) is 14.9. The molecule has 7 heteroatoms. The molecule has 1 unspecified atom stereocenters. The molecule has 0 aliphatic carbocycles. The molecule has 20 heavy (non-hydrogen) atoms. The Labute approximate surface area is 116 Å². The first-order valence-corrected chi connectivity index (χ1v) is 8.03. The highest BCUT2D eigenvalue weighted by molar-refractivity contribution is 7.91.